The zero-order chi connectivity index (χ0) is 4.41. The van der Waals surface area contributed by atoms with E-state index in [1.165, 1.54) is 0 Å². The van der Waals surface area contributed by atoms with Gasteiger partial charge in [0, 0.05) is 0 Å². The van der Waals surface area contributed by atoms with Gasteiger partial charge in [-0.2, -0.15) is 9.28 Å². The van der Waals surface area contributed by atoms with Crippen molar-refractivity contribution in [1.29, 1.82) is 0 Å². The van der Waals surface area contributed by atoms with Gasteiger partial charge < -0.3 is 0 Å². The number of rotatable bonds is 0. The Bertz CT molecular complexity index is 42.1. The maximum atomic E-state index is 11.4. The molecule has 1 heterocycles. The SMILES string of the molecule is FC1OCOO1. The normalized spacial score (nSPS) is 34.5. The molecule has 0 bridgehead atoms. The summed E-state index contributed by atoms with van der Waals surface area (Å²) in [5.74, 6) is 0. The molecule has 0 amide bonds. The van der Waals surface area contributed by atoms with Crippen LogP contribution in [0.15, 0.2) is 0 Å². The van der Waals surface area contributed by atoms with Crippen LogP contribution in [0.5, 0.6) is 0 Å². The molecular formula is C2H3FO3. The number of halogens is 1. The summed E-state index contributed by atoms with van der Waals surface area (Å²) in [5, 5.41) is 0. The van der Waals surface area contributed by atoms with Gasteiger partial charge in [-0.1, -0.05) is 0 Å². The van der Waals surface area contributed by atoms with Crippen molar-refractivity contribution in [1.82, 2.24) is 0 Å². The fourth-order valence-electron chi connectivity index (χ4n) is 0.190. The van der Waals surface area contributed by atoms with Crippen LogP contribution < -0.4 is 0 Å². The molecule has 0 radical (unpaired) electrons. The van der Waals surface area contributed by atoms with Crippen LogP contribution in [0.4, 0.5) is 4.39 Å². The van der Waals surface area contributed by atoms with Crippen molar-refractivity contribution in [3.05, 3.63) is 0 Å². The third kappa shape index (κ3) is 0.649. The van der Waals surface area contributed by atoms with Crippen molar-refractivity contribution in [2.45, 2.75) is 6.54 Å². The lowest BCUT2D eigenvalue weighted by atomic mass is 11.3. The van der Waals surface area contributed by atoms with E-state index in [0.29, 0.717) is 0 Å². The van der Waals surface area contributed by atoms with E-state index in [4.69, 9.17) is 0 Å². The van der Waals surface area contributed by atoms with Crippen LogP contribution in [-0.2, 0) is 14.5 Å². The number of alkyl halides is 1. The highest BCUT2D eigenvalue weighted by Crippen LogP contribution is 2.03. The first kappa shape index (κ1) is 3.98. The molecule has 36 valence electrons. The molecule has 1 aliphatic rings. The lowest BCUT2D eigenvalue weighted by Gasteiger charge is -1.85. The predicted molar refractivity (Wildman–Crippen MR) is 13.0 cm³/mol. The van der Waals surface area contributed by atoms with Gasteiger partial charge in [0.05, 0.1) is 0 Å². The molecule has 0 saturated carbocycles. The highest BCUT2D eigenvalue weighted by Gasteiger charge is 2.13. The Hall–Kier alpha value is -0.190. The second-order valence-electron chi connectivity index (χ2n) is 0.773. The minimum Gasteiger partial charge on any atom is -0.294 e. The first-order valence-corrected chi connectivity index (χ1v) is 1.43. The fourth-order valence-corrected chi connectivity index (χ4v) is 0.190. The molecule has 3 nitrogen and oxygen atoms in total. The molecule has 1 fully saturated rings. The van der Waals surface area contributed by atoms with Crippen molar-refractivity contribution in [2.75, 3.05) is 6.79 Å². The minimum atomic E-state index is -1.68. The molecule has 1 rings (SSSR count). The van der Waals surface area contributed by atoms with Gasteiger partial charge in [-0.05, 0) is 0 Å². The van der Waals surface area contributed by atoms with E-state index in [2.05, 4.69) is 14.5 Å². The van der Waals surface area contributed by atoms with Gasteiger partial charge in [0.1, 0.15) is 0 Å². The summed E-state index contributed by atoms with van der Waals surface area (Å²) >= 11 is 0. The van der Waals surface area contributed by atoms with Crippen LogP contribution in [0.1, 0.15) is 0 Å². The maximum Gasteiger partial charge on any atom is 0.339 e. The van der Waals surface area contributed by atoms with Gasteiger partial charge in [0.15, 0.2) is 6.79 Å². The molecule has 6 heavy (non-hydrogen) atoms. The molecule has 0 aromatic heterocycles. The molecule has 1 atom stereocenters. The van der Waals surface area contributed by atoms with Crippen molar-refractivity contribution >= 4 is 0 Å². The van der Waals surface area contributed by atoms with Crippen LogP contribution in [0.25, 0.3) is 0 Å². The predicted octanol–water partition coefficient (Wildman–Crippen LogP) is 0.175. The number of hydrogen-bond acceptors (Lipinski definition) is 3. The minimum absolute atomic E-state index is 0.110. The first-order chi connectivity index (χ1) is 2.89. The largest absolute Gasteiger partial charge is 0.339 e. The zero-order valence-corrected chi connectivity index (χ0v) is 2.89. The monoisotopic (exact) mass is 94.0 g/mol. The number of ether oxygens (including phenoxy) is 1. The molecule has 0 N–H and O–H groups in total. The lowest BCUT2D eigenvalue weighted by molar-refractivity contribution is -0.308. The Balaban J connectivity index is 2.18. The molecular weight excluding hydrogens is 91.0 g/mol. The molecule has 1 unspecified atom stereocenters. The van der Waals surface area contributed by atoms with Crippen LogP contribution in [-0.4, -0.2) is 13.3 Å². The van der Waals surface area contributed by atoms with Gasteiger partial charge in [0.25, 0.3) is 0 Å². The van der Waals surface area contributed by atoms with Gasteiger partial charge in [-0.25, -0.2) is 4.89 Å². The van der Waals surface area contributed by atoms with Crippen molar-refractivity contribution in [2.24, 2.45) is 0 Å². The second kappa shape index (κ2) is 1.51. The highest BCUT2D eigenvalue weighted by molar-refractivity contribution is 4.10. The van der Waals surface area contributed by atoms with Gasteiger partial charge in [0.2, 0.25) is 0 Å². The molecule has 0 aliphatic carbocycles. The Labute approximate surface area is 33.5 Å². The Kier molecular flexibility index (Phi) is 0.999. The summed E-state index contributed by atoms with van der Waals surface area (Å²) < 4.78 is 15.4. The molecule has 0 aromatic rings. The third-order valence-corrected chi connectivity index (χ3v) is 0.391. The van der Waals surface area contributed by atoms with E-state index < -0.39 is 6.54 Å². The topological polar surface area (TPSA) is 27.7 Å². The van der Waals surface area contributed by atoms with Crippen molar-refractivity contribution in [3.63, 3.8) is 0 Å². The Morgan fingerprint density at radius 1 is 1.67 bits per heavy atom. The zero-order valence-electron chi connectivity index (χ0n) is 2.89. The van der Waals surface area contributed by atoms with Crippen LogP contribution in [0, 0.1) is 0 Å². The van der Waals surface area contributed by atoms with E-state index in [1.807, 2.05) is 0 Å². The summed E-state index contributed by atoms with van der Waals surface area (Å²) in [5.41, 5.74) is 0. The van der Waals surface area contributed by atoms with E-state index in [9.17, 15) is 4.39 Å². The van der Waals surface area contributed by atoms with E-state index in [0.717, 1.165) is 0 Å². The molecule has 1 saturated heterocycles. The van der Waals surface area contributed by atoms with Crippen LogP contribution in [0.2, 0.25) is 0 Å². The molecule has 0 aromatic carbocycles. The maximum absolute atomic E-state index is 11.4. The average Bonchev–Trinajstić information content (AvgIpc) is 1.86. The molecule has 4 heteroatoms. The summed E-state index contributed by atoms with van der Waals surface area (Å²) in [4.78, 5) is 7.72. The second-order valence-corrected chi connectivity index (χ2v) is 0.773. The van der Waals surface area contributed by atoms with E-state index >= 15 is 0 Å². The third-order valence-electron chi connectivity index (χ3n) is 0.391. The summed E-state index contributed by atoms with van der Waals surface area (Å²) in [6, 6.07) is 0. The van der Waals surface area contributed by atoms with Gasteiger partial charge in [-0.15, -0.1) is 0 Å². The standard InChI is InChI=1S/C2H3FO3/c3-2-4-1-5-6-2/h2H,1H2. The fraction of sp³-hybridized carbons (Fsp3) is 1.00. The molecule has 1 aliphatic heterocycles. The van der Waals surface area contributed by atoms with E-state index in [1.54, 1.807) is 0 Å². The van der Waals surface area contributed by atoms with Crippen LogP contribution >= 0.6 is 0 Å². The Morgan fingerprint density at radius 2 is 2.50 bits per heavy atom. The van der Waals surface area contributed by atoms with Gasteiger partial charge >= 0.3 is 6.54 Å². The average molecular weight is 94.0 g/mol. The van der Waals surface area contributed by atoms with Crippen molar-refractivity contribution < 1.29 is 18.9 Å². The Morgan fingerprint density at radius 3 is 2.67 bits per heavy atom. The van der Waals surface area contributed by atoms with Crippen molar-refractivity contribution in [3.8, 4) is 0 Å². The number of hydrogen-bond donors (Lipinski definition) is 0. The smallest absolute Gasteiger partial charge is 0.294 e. The molecule has 0 spiro atoms. The first-order valence-electron chi connectivity index (χ1n) is 1.43. The summed E-state index contributed by atoms with van der Waals surface area (Å²) in [6.45, 7) is -1.79. The summed E-state index contributed by atoms with van der Waals surface area (Å²) in [7, 11) is 0. The van der Waals surface area contributed by atoms with Crippen LogP contribution in [0.3, 0.4) is 0 Å². The highest BCUT2D eigenvalue weighted by atomic mass is 19.2. The quantitative estimate of drug-likeness (QED) is 0.400. The van der Waals surface area contributed by atoms with Gasteiger partial charge in [-0.3, -0.25) is 4.74 Å². The lowest BCUT2D eigenvalue weighted by Crippen LogP contribution is -1.94. The van der Waals surface area contributed by atoms with E-state index in [-0.39, 0.29) is 6.79 Å². The summed E-state index contributed by atoms with van der Waals surface area (Å²) in [6.07, 6.45) is 0.